The molecule has 6 nitrogen and oxygen atoms in total. The summed E-state index contributed by atoms with van der Waals surface area (Å²) in [5, 5.41) is 7.65. The first-order valence-electron chi connectivity index (χ1n) is 8.51. The van der Waals surface area contributed by atoms with Gasteiger partial charge in [-0.1, -0.05) is 30.3 Å². The van der Waals surface area contributed by atoms with Crippen molar-refractivity contribution in [2.75, 3.05) is 13.7 Å². The maximum Gasteiger partial charge on any atom is 0.188 e. The van der Waals surface area contributed by atoms with Crippen molar-refractivity contribution in [1.29, 1.82) is 0 Å². The van der Waals surface area contributed by atoms with Crippen LogP contribution < -0.4 is 15.8 Å². The second kappa shape index (κ2) is 8.71. The number of benzene rings is 2. The Kier molecular flexibility index (Phi) is 5.88. The molecule has 0 unspecified atom stereocenters. The van der Waals surface area contributed by atoms with E-state index in [4.69, 9.17) is 10.5 Å². The highest BCUT2D eigenvalue weighted by atomic mass is 16.5. The zero-order valence-corrected chi connectivity index (χ0v) is 14.8. The van der Waals surface area contributed by atoms with Gasteiger partial charge in [0.1, 0.15) is 5.75 Å². The fourth-order valence-electron chi connectivity index (χ4n) is 2.53. The minimum atomic E-state index is 0.430. The smallest absolute Gasteiger partial charge is 0.188 e. The molecule has 0 saturated carbocycles. The van der Waals surface area contributed by atoms with Gasteiger partial charge in [-0.25, -0.2) is 9.67 Å². The van der Waals surface area contributed by atoms with E-state index < -0.39 is 0 Å². The van der Waals surface area contributed by atoms with Gasteiger partial charge in [0.15, 0.2) is 5.96 Å². The number of nitrogens with zero attached hydrogens (tertiary/aromatic N) is 3. The molecule has 0 spiro atoms. The van der Waals surface area contributed by atoms with Crippen molar-refractivity contribution in [3.05, 3.63) is 78.1 Å². The first-order valence-corrected chi connectivity index (χ1v) is 8.51. The van der Waals surface area contributed by atoms with E-state index >= 15 is 0 Å². The Morgan fingerprint density at radius 2 is 1.88 bits per heavy atom. The van der Waals surface area contributed by atoms with Crippen molar-refractivity contribution in [2.24, 2.45) is 10.7 Å². The summed E-state index contributed by atoms with van der Waals surface area (Å²) in [7, 11) is 1.65. The molecule has 2 aromatic carbocycles. The molecule has 3 N–H and O–H groups in total. The van der Waals surface area contributed by atoms with Crippen LogP contribution in [0.2, 0.25) is 0 Å². The first-order chi connectivity index (χ1) is 12.7. The van der Waals surface area contributed by atoms with Gasteiger partial charge in [-0.3, -0.25) is 0 Å². The zero-order valence-electron chi connectivity index (χ0n) is 14.8. The largest absolute Gasteiger partial charge is 0.497 e. The summed E-state index contributed by atoms with van der Waals surface area (Å²) >= 11 is 0. The van der Waals surface area contributed by atoms with Gasteiger partial charge >= 0.3 is 0 Å². The van der Waals surface area contributed by atoms with Crippen molar-refractivity contribution < 1.29 is 4.74 Å². The molecule has 0 aliphatic rings. The van der Waals surface area contributed by atoms with Gasteiger partial charge < -0.3 is 15.8 Å². The monoisotopic (exact) mass is 349 g/mol. The van der Waals surface area contributed by atoms with E-state index in [0.717, 1.165) is 30.1 Å². The molecule has 26 heavy (non-hydrogen) atoms. The molecule has 1 heterocycles. The molecule has 134 valence electrons. The number of methoxy groups -OCH3 is 1. The van der Waals surface area contributed by atoms with Crippen LogP contribution in [-0.4, -0.2) is 29.4 Å². The second-order valence-corrected chi connectivity index (χ2v) is 5.81. The summed E-state index contributed by atoms with van der Waals surface area (Å²) in [5.41, 5.74) is 9.02. The maximum absolute atomic E-state index is 5.93. The normalized spacial score (nSPS) is 11.3. The molecule has 1 aromatic heterocycles. The lowest BCUT2D eigenvalue weighted by Crippen LogP contribution is -2.33. The molecule has 0 aliphatic carbocycles. The van der Waals surface area contributed by atoms with E-state index in [0.29, 0.717) is 12.5 Å². The summed E-state index contributed by atoms with van der Waals surface area (Å²) in [6.07, 6.45) is 2.81. The van der Waals surface area contributed by atoms with Crippen LogP contribution in [0.1, 0.15) is 11.3 Å². The van der Waals surface area contributed by atoms with Crippen LogP contribution >= 0.6 is 0 Å². The third-order valence-corrected chi connectivity index (χ3v) is 3.96. The highest BCUT2D eigenvalue weighted by Crippen LogP contribution is 2.14. The summed E-state index contributed by atoms with van der Waals surface area (Å²) < 4.78 is 6.98. The van der Waals surface area contributed by atoms with Gasteiger partial charge in [0.25, 0.3) is 0 Å². The van der Waals surface area contributed by atoms with Crippen LogP contribution in [0.15, 0.2) is 71.9 Å². The van der Waals surface area contributed by atoms with Crippen LogP contribution in [-0.2, 0) is 13.0 Å². The predicted octanol–water partition coefficient (Wildman–Crippen LogP) is 2.53. The van der Waals surface area contributed by atoms with Crippen LogP contribution in [0.3, 0.4) is 0 Å². The van der Waals surface area contributed by atoms with E-state index in [9.17, 15) is 0 Å². The Bertz CT molecular complexity index is 840. The van der Waals surface area contributed by atoms with Gasteiger partial charge in [-0.2, -0.15) is 5.10 Å². The molecule has 0 aliphatic heterocycles. The molecule has 0 fully saturated rings. The molecule has 0 radical (unpaired) electrons. The van der Waals surface area contributed by atoms with Crippen molar-refractivity contribution in [3.63, 3.8) is 0 Å². The Hall–Kier alpha value is -3.28. The lowest BCUT2D eigenvalue weighted by atomic mass is 10.1. The number of hydrogen-bond acceptors (Lipinski definition) is 3. The number of guanidine groups is 1. The maximum atomic E-state index is 5.93. The molecule has 0 atom stereocenters. The van der Waals surface area contributed by atoms with E-state index in [1.807, 2.05) is 59.4 Å². The van der Waals surface area contributed by atoms with Gasteiger partial charge in [-0.05, 0) is 42.3 Å². The summed E-state index contributed by atoms with van der Waals surface area (Å²) in [4.78, 5) is 4.35. The van der Waals surface area contributed by atoms with E-state index in [-0.39, 0.29) is 0 Å². The Labute approximate surface area is 153 Å². The number of nitrogens with two attached hydrogens (primary N) is 1. The fourth-order valence-corrected chi connectivity index (χ4v) is 2.53. The predicted molar refractivity (Wildman–Crippen MR) is 104 cm³/mol. The Balaban J connectivity index is 1.50. The minimum Gasteiger partial charge on any atom is -0.497 e. The Morgan fingerprint density at radius 3 is 2.62 bits per heavy atom. The second-order valence-electron chi connectivity index (χ2n) is 5.81. The number of nitrogens with one attached hydrogen (secondary N) is 1. The SMILES string of the molecule is COc1ccc(-n2ccc(CN=C(N)NCCc3ccccc3)n2)cc1. The lowest BCUT2D eigenvalue weighted by Gasteiger charge is -2.05. The van der Waals surface area contributed by atoms with Crippen molar-refractivity contribution in [1.82, 2.24) is 15.1 Å². The molecular formula is C20H23N5O. The minimum absolute atomic E-state index is 0.430. The molecular weight excluding hydrogens is 326 g/mol. The van der Waals surface area contributed by atoms with Gasteiger partial charge in [0.2, 0.25) is 0 Å². The first kappa shape index (κ1) is 17.5. The number of ether oxygens (including phenoxy) is 1. The average molecular weight is 349 g/mol. The molecule has 0 bridgehead atoms. The van der Waals surface area contributed by atoms with E-state index in [2.05, 4.69) is 27.5 Å². The highest BCUT2D eigenvalue weighted by Gasteiger charge is 2.02. The van der Waals surface area contributed by atoms with Crippen LogP contribution in [0.25, 0.3) is 5.69 Å². The third kappa shape index (κ3) is 4.86. The number of rotatable bonds is 7. The number of hydrogen-bond donors (Lipinski definition) is 2. The number of aromatic nitrogens is 2. The quantitative estimate of drug-likeness (QED) is 0.508. The zero-order chi connectivity index (χ0) is 18.2. The van der Waals surface area contributed by atoms with Crippen LogP contribution in [0, 0.1) is 0 Å². The molecule has 0 saturated heterocycles. The van der Waals surface area contributed by atoms with Gasteiger partial charge in [0.05, 0.1) is 25.0 Å². The molecule has 3 rings (SSSR count). The standard InChI is InChI=1S/C20H23N5O/c1-26-19-9-7-18(8-10-19)25-14-12-17(24-25)15-23-20(21)22-13-11-16-5-3-2-4-6-16/h2-10,12,14H,11,13,15H2,1H3,(H3,21,22,23). The van der Waals surface area contributed by atoms with Crippen molar-refractivity contribution in [3.8, 4) is 11.4 Å². The van der Waals surface area contributed by atoms with Crippen LogP contribution in [0.5, 0.6) is 5.75 Å². The average Bonchev–Trinajstić information content (AvgIpc) is 3.16. The van der Waals surface area contributed by atoms with Gasteiger partial charge in [0, 0.05) is 12.7 Å². The topological polar surface area (TPSA) is 77.5 Å². The molecule has 0 amide bonds. The summed E-state index contributed by atoms with van der Waals surface area (Å²) in [6.45, 7) is 1.19. The van der Waals surface area contributed by atoms with Crippen molar-refractivity contribution in [2.45, 2.75) is 13.0 Å². The van der Waals surface area contributed by atoms with Crippen molar-refractivity contribution >= 4 is 5.96 Å². The van der Waals surface area contributed by atoms with E-state index in [1.54, 1.807) is 7.11 Å². The van der Waals surface area contributed by atoms with Crippen LogP contribution in [0.4, 0.5) is 0 Å². The Morgan fingerprint density at radius 1 is 1.12 bits per heavy atom. The molecule has 6 heteroatoms. The number of aliphatic imine (C=N–C) groups is 1. The fraction of sp³-hybridized carbons (Fsp3) is 0.200. The third-order valence-electron chi connectivity index (χ3n) is 3.96. The molecule has 3 aromatic rings. The summed E-state index contributed by atoms with van der Waals surface area (Å²) in [5.74, 6) is 1.25. The summed E-state index contributed by atoms with van der Waals surface area (Å²) in [6, 6.07) is 19.9. The highest BCUT2D eigenvalue weighted by molar-refractivity contribution is 5.77. The van der Waals surface area contributed by atoms with Gasteiger partial charge in [-0.15, -0.1) is 0 Å². The lowest BCUT2D eigenvalue weighted by molar-refractivity contribution is 0.414. The van der Waals surface area contributed by atoms with E-state index in [1.165, 1.54) is 5.56 Å².